The minimum atomic E-state index is -0.154. The predicted octanol–water partition coefficient (Wildman–Crippen LogP) is 4.26. The highest BCUT2D eigenvalue weighted by molar-refractivity contribution is 7.99. The zero-order valence-electron chi connectivity index (χ0n) is 17.9. The Morgan fingerprint density at radius 1 is 1.09 bits per heavy atom. The Morgan fingerprint density at radius 2 is 1.81 bits per heavy atom. The first kappa shape index (κ1) is 20.5. The van der Waals surface area contributed by atoms with Gasteiger partial charge in [-0.25, -0.2) is 9.67 Å². The maximum Gasteiger partial charge on any atom is 0.262 e. The molecule has 1 aliphatic rings. The molecule has 2 aromatic heterocycles. The molecule has 5 rings (SSSR count). The average molecular weight is 446 g/mol. The predicted molar refractivity (Wildman–Crippen MR) is 127 cm³/mol. The maximum absolute atomic E-state index is 13.0. The summed E-state index contributed by atoms with van der Waals surface area (Å²) in [6.07, 6.45) is 1.94. The first-order valence-corrected chi connectivity index (χ1v) is 11.6. The number of hydrogen-bond donors (Lipinski definition) is 1. The molecule has 0 bridgehead atoms. The molecule has 1 amide bonds. The fourth-order valence-corrected chi connectivity index (χ4v) is 4.70. The van der Waals surface area contributed by atoms with Gasteiger partial charge in [-0.2, -0.15) is 5.10 Å². The molecule has 1 saturated carbocycles. The van der Waals surface area contributed by atoms with Crippen LogP contribution in [0.4, 0.5) is 5.69 Å². The van der Waals surface area contributed by atoms with Crippen LogP contribution in [0, 0.1) is 13.8 Å². The van der Waals surface area contributed by atoms with E-state index in [0.717, 1.165) is 29.9 Å². The summed E-state index contributed by atoms with van der Waals surface area (Å²) >= 11 is 1.30. The molecular formula is C24H23N5O2S. The molecule has 0 aliphatic heterocycles. The Balaban J connectivity index is 1.36. The van der Waals surface area contributed by atoms with Crippen molar-refractivity contribution in [2.24, 2.45) is 0 Å². The van der Waals surface area contributed by atoms with Gasteiger partial charge in [-0.15, -0.1) is 0 Å². The van der Waals surface area contributed by atoms with Gasteiger partial charge in [0, 0.05) is 6.04 Å². The lowest BCUT2D eigenvalue weighted by Crippen LogP contribution is -2.23. The average Bonchev–Trinajstić information content (AvgIpc) is 3.60. The standard InChI is InChI=1S/C24H23N5O2S/c1-15-22(16(2)29(27-15)18-8-4-3-5-9-18)26-21(30)14-32-24-25-20-11-7-6-10-19(20)23(31)28(24)17-12-13-17/h3-11,17H,12-14H2,1-2H3,(H,26,30). The van der Waals surface area contributed by atoms with Gasteiger partial charge in [0.2, 0.25) is 5.91 Å². The van der Waals surface area contributed by atoms with Crippen molar-refractivity contribution in [1.82, 2.24) is 19.3 Å². The SMILES string of the molecule is Cc1nn(-c2ccccc2)c(C)c1NC(=O)CSc1nc2ccccc2c(=O)n1C1CC1. The number of carbonyl (C=O) groups excluding carboxylic acids is 1. The Morgan fingerprint density at radius 3 is 2.56 bits per heavy atom. The van der Waals surface area contributed by atoms with Gasteiger partial charge < -0.3 is 5.32 Å². The zero-order chi connectivity index (χ0) is 22.2. The quantitative estimate of drug-likeness (QED) is 0.354. The molecule has 7 nitrogen and oxygen atoms in total. The molecule has 2 aromatic carbocycles. The van der Waals surface area contributed by atoms with Crippen molar-refractivity contribution < 1.29 is 4.79 Å². The number of nitrogens with one attached hydrogen (secondary N) is 1. The van der Waals surface area contributed by atoms with E-state index >= 15 is 0 Å². The number of fused-ring (bicyclic) bond motifs is 1. The van der Waals surface area contributed by atoms with Crippen molar-refractivity contribution in [3.8, 4) is 5.69 Å². The highest BCUT2D eigenvalue weighted by Crippen LogP contribution is 2.37. The van der Waals surface area contributed by atoms with Crippen LogP contribution < -0.4 is 10.9 Å². The van der Waals surface area contributed by atoms with Gasteiger partial charge in [0.05, 0.1) is 39.4 Å². The van der Waals surface area contributed by atoms with Crippen LogP contribution in [0.1, 0.15) is 30.3 Å². The van der Waals surface area contributed by atoms with Crippen molar-refractivity contribution >= 4 is 34.3 Å². The van der Waals surface area contributed by atoms with Gasteiger partial charge in [0.15, 0.2) is 5.16 Å². The molecule has 0 atom stereocenters. The molecule has 2 heterocycles. The number of nitrogens with zero attached hydrogens (tertiary/aromatic N) is 4. The van der Waals surface area contributed by atoms with Crippen LogP contribution in [0.2, 0.25) is 0 Å². The Bertz CT molecular complexity index is 1370. The molecule has 0 radical (unpaired) electrons. The highest BCUT2D eigenvalue weighted by Gasteiger charge is 2.29. The first-order chi connectivity index (χ1) is 15.5. The van der Waals surface area contributed by atoms with Crippen LogP contribution in [0.3, 0.4) is 0 Å². The number of anilines is 1. The molecular weight excluding hydrogens is 422 g/mol. The van der Waals surface area contributed by atoms with Gasteiger partial charge in [-0.3, -0.25) is 14.2 Å². The second-order valence-corrected chi connectivity index (χ2v) is 8.89. The number of para-hydroxylation sites is 2. The van der Waals surface area contributed by atoms with Crippen molar-refractivity contribution in [3.05, 3.63) is 76.3 Å². The Hall–Kier alpha value is -3.39. The van der Waals surface area contributed by atoms with E-state index in [2.05, 4.69) is 15.4 Å². The van der Waals surface area contributed by atoms with Crippen LogP contribution in [0.15, 0.2) is 64.5 Å². The van der Waals surface area contributed by atoms with E-state index in [-0.39, 0.29) is 23.3 Å². The lowest BCUT2D eigenvalue weighted by molar-refractivity contribution is -0.113. The fourth-order valence-electron chi connectivity index (χ4n) is 3.83. The van der Waals surface area contributed by atoms with Crippen LogP contribution >= 0.6 is 11.8 Å². The third-order valence-corrected chi connectivity index (χ3v) is 6.53. The summed E-state index contributed by atoms with van der Waals surface area (Å²) in [5.41, 5.74) is 3.90. The summed E-state index contributed by atoms with van der Waals surface area (Å²) in [5, 5.41) is 8.79. The third kappa shape index (κ3) is 3.82. The molecule has 1 N–H and O–H groups in total. The van der Waals surface area contributed by atoms with Crippen LogP contribution in [-0.4, -0.2) is 31.0 Å². The third-order valence-electron chi connectivity index (χ3n) is 5.58. The normalized spacial score (nSPS) is 13.4. The lowest BCUT2D eigenvalue weighted by atomic mass is 10.2. The van der Waals surface area contributed by atoms with Crippen molar-refractivity contribution in [1.29, 1.82) is 0 Å². The van der Waals surface area contributed by atoms with Gasteiger partial charge in [-0.05, 0) is 51.0 Å². The van der Waals surface area contributed by atoms with Gasteiger partial charge >= 0.3 is 0 Å². The van der Waals surface area contributed by atoms with E-state index < -0.39 is 0 Å². The highest BCUT2D eigenvalue weighted by atomic mass is 32.2. The monoisotopic (exact) mass is 445 g/mol. The number of amides is 1. The van der Waals surface area contributed by atoms with Gasteiger partial charge in [0.1, 0.15) is 0 Å². The van der Waals surface area contributed by atoms with Crippen LogP contribution in [-0.2, 0) is 4.79 Å². The molecule has 4 aromatic rings. The first-order valence-electron chi connectivity index (χ1n) is 10.6. The largest absolute Gasteiger partial charge is 0.322 e. The van der Waals surface area contributed by atoms with Crippen molar-refractivity contribution in [2.75, 3.05) is 11.1 Å². The van der Waals surface area contributed by atoms with Gasteiger partial charge in [-0.1, -0.05) is 42.1 Å². The molecule has 162 valence electrons. The number of hydrogen-bond acceptors (Lipinski definition) is 5. The van der Waals surface area contributed by atoms with E-state index in [4.69, 9.17) is 0 Å². The minimum absolute atomic E-state index is 0.0307. The summed E-state index contributed by atoms with van der Waals surface area (Å²) < 4.78 is 3.58. The summed E-state index contributed by atoms with van der Waals surface area (Å²) in [4.78, 5) is 30.5. The topological polar surface area (TPSA) is 81.8 Å². The van der Waals surface area contributed by atoms with E-state index in [1.54, 1.807) is 10.6 Å². The molecule has 1 fully saturated rings. The summed E-state index contributed by atoms with van der Waals surface area (Å²) in [6.45, 7) is 3.82. The second kappa shape index (κ2) is 8.27. The molecule has 1 aliphatic carbocycles. The number of rotatable bonds is 6. The van der Waals surface area contributed by atoms with Crippen LogP contribution in [0.5, 0.6) is 0 Å². The number of aromatic nitrogens is 4. The number of benzene rings is 2. The van der Waals surface area contributed by atoms with E-state index in [9.17, 15) is 9.59 Å². The number of thioether (sulfide) groups is 1. The number of carbonyl (C=O) groups is 1. The molecule has 32 heavy (non-hydrogen) atoms. The molecule has 0 unspecified atom stereocenters. The fraction of sp³-hybridized carbons (Fsp3) is 0.250. The van der Waals surface area contributed by atoms with E-state index in [1.165, 1.54) is 11.8 Å². The smallest absolute Gasteiger partial charge is 0.262 e. The second-order valence-electron chi connectivity index (χ2n) is 7.95. The molecule has 0 spiro atoms. The van der Waals surface area contributed by atoms with Crippen molar-refractivity contribution in [3.63, 3.8) is 0 Å². The Labute approximate surface area is 189 Å². The van der Waals surface area contributed by atoms with E-state index in [1.807, 2.05) is 67.1 Å². The van der Waals surface area contributed by atoms with Crippen LogP contribution in [0.25, 0.3) is 16.6 Å². The molecule has 8 heteroatoms. The summed E-state index contributed by atoms with van der Waals surface area (Å²) in [6, 6.07) is 17.4. The lowest BCUT2D eigenvalue weighted by Gasteiger charge is -2.12. The molecule has 0 saturated heterocycles. The number of aryl methyl sites for hydroxylation is 1. The van der Waals surface area contributed by atoms with E-state index in [0.29, 0.717) is 21.7 Å². The Kier molecular flexibility index (Phi) is 5.30. The minimum Gasteiger partial charge on any atom is -0.322 e. The zero-order valence-corrected chi connectivity index (χ0v) is 18.7. The van der Waals surface area contributed by atoms with Crippen molar-refractivity contribution in [2.45, 2.75) is 37.9 Å². The summed E-state index contributed by atoms with van der Waals surface area (Å²) in [7, 11) is 0. The van der Waals surface area contributed by atoms with Gasteiger partial charge in [0.25, 0.3) is 5.56 Å². The summed E-state index contributed by atoms with van der Waals surface area (Å²) in [5.74, 6) is 0.00551. The maximum atomic E-state index is 13.0.